The molecule has 0 bridgehead atoms. The summed E-state index contributed by atoms with van der Waals surface area (Å²) in [5.41, 5.74) is 0. The SMILES string of the molecule is O=C(O)[C@H]1CCC[C@H]1C(=O)NCCCNC1CC1. The molecule has 2 atom stereocenters. The van der Waals surface area contributed by atoms with Crippen molar-refractivity contribution in [1.29, 1.82) is 0 Å². The van der Waals surface area contributed by atoms with E-state index in [1.165, 1.54) is 12.8 Å². The van der Waals surface area contributed by atoms with Gasteiger partial charge in [0.25, 0.3) is 0 Å². The van der Waals surface area contributed by atoms with Crippen LogP contribution in [-0.2, 0) is 9.59 Å². The molecule has 5 nitrogen and oxygen atoms in total. The number of hydrogen-bond acceptors (Lipinski definition) is 3. The van der Waals surface area contributed by atoms with E-state index in [9.17, 15) is 9.59 Å². The van der Waals surface area contributed by atoms with Gasteiger partial charge in [-0.25, -0.2) is 0 Å². The van der Waals surface area contributed by atoms with Gasteiger partial charge in [-0.15, -0.1) is 0 Å². The number of carboxylic acids is 1. The molecule has 0 aromatic carbocycles. The molecule has 2 rings (SSSR count). The number of rotatable bonds is 7. The van der Waals surface area contributed by atoms with Crippen LogP contribution in [0.15, 0.2) is 0 Å². The minimum absolute atomic E-state index is 0.0775. The zero-order valence-corrected chi connectivity index (χ0v) is 10.7. The van der Waals surface area contributed by atoms with E-state index in [0.717, 1.165) is 19.4 Å². The molecular formula is C13H22N2O3. The summed E-state index contributed by atoms with van der Waals surface area (Å²) in [7, 11) is 0. The molecule has 0 aromatic heterocycles. The molecule has 1 amide bonds. The van der Waals surface area contributed by atoms with Gasteiger partial charge in [-0.1, -0.05) is 6.42 Å². The molecule has 18 heavy (non-hydrogen) atoms. The van der Waals surface area contributed by atoms with Crippen molar-refractivity contribution in [2.75, 3.05) is 13.1 Å². The molecule has 3 N–H and O–H groups in total. The molecule has 2 aliphatic rings. The van der Waals surface area contributed by atoms with Crippen LogP contribution in [0.2, 0.25) is 0 Å². The number of amides is 1. The fourth-order valence-electron chi connectivity index (χ4n) is 2.59. The van der Waals surface area contributed by atoms with Crippen LogP contribution >= 0.6 is 0 Å². The molecule has 0 unspecified atom stereocenters. The van der Waals surface area contributed by atoms with E-state index in [4.69, 9.17) is 5.11 Å². The highest BCUT2D eigenvalue weighted by atomic mass is 16.4. The highest BCUT2D eigenvalue weighted by Gasteiger charge is 2.37. The number of hydrogen-bond donors (Lipinski definition) is 3. The summed E-state index contributed by atoms with van der Waals surface area (Å²) in [6, 6.07) is 0.701. The Morgan fingerprint density at radius 1 is 1.06 bits per heavy atom. The van der Waals surface area contributed by atoms with Gasteiger partial charge in [0.15, 0.2) is 0 Å². The molecule has 0 spiro atoms. The molecule has 0 heterocycles. The fourth-order valence-corrected chi connectivity index (χ4v) is 2.59. The van der Waals surface area contributed by atoms with Crippen molar-refractivity contribution in [2.24, 2.45) is 11.8 Å². The number of carboxylic acid groups (broad SMARTS) is 1. The predicted octanol–water partition coefficient (Wildman–Crippen LogP) is 0.746. The van der Waals surface area contributed by atoms with Crippen LogP contribution in [0.3, 0.4) is 0 Å². The molecule has 0 radical (unpaired) electrons. The smallest absolute Gasteiger partial charge is 0.307 e. The van der Waals surface area contributed by atoms with E-state index in [1.54, 1.807) is 0 Å². The number of nitrogens with one attached hydrogen (secondary N) is 2. The quantitative estimate of drug-likeness (QED) is 0.586. The summed E-state index contributed by atoms with van der Waals surface area (Å²) in [6.07, 6.45) is 5.65. The Bertz CT molecular complexity index is 315. The van der Waals surface area contributed by atoms with Gasteiger partial charge in [0.05, 0.1) is 11.8 Å². The highest BCUT2D eigenvalue weighted by Crippen LogP contribution is 2.31. The van der Waals surface area contributed by atoms with Crippen LogP contribution in [0.1, 0.15) is 38.5 Å². The van der Waals surface area contributed by atoms with Crippen molar-refractivity contribution in [1.82, 2.24) is 10.6 Å². The lowest BCUT2D eigenvalue weighted by molar-refractivity contribution is -0.146. The third kappa shape index (κ3) is 3.70. The van der Waals surface area contributed by atoms with E-state index < -0.39 is 11.9 Å². The summed E-state index contributed by atoms with van der Waals surface area (Å²) >= 11 is 0. The Balaban J connectivity index is 1.62. The van der Waals surface area contributed by atoms with E-state index in [1.807, 2.05) is 0 Å². The van der Waals surface area contributed by atoms with E-state index in [2.05, 4.69) is 10.6 Å². The van der Waals surface area contributed by atoms with Crippen LogP contribution in [-0.4, -0.2) is 36.1 Å². The van der Waals surface area contributed by atoms with Gasteiger partial charge >= 0.3 is 5.97 Å². The van der Waals surface area contributed by atoms with Crippen molar-refractivity contribution < 1.29 is 14.7 Å². The minimum Gasteiger partial charge on any atom is -0.481 e. The third-order valence-corrected chi connectivity index (χ3v) is 3.83. The summed E-state index contributed by atoms with van der Waals surface area (Å²) in [5, 5.41) is 15.3. The van der Waals surface area contributed by atoms with Crippen LogP contribution in [0.25, 0.3) is 0 Å². The van der Waals surface area contributed by atoms with Crippen molar-refractivity contribution in [3.8, 4) is 0 Å². The average molecular weight is 254 g/mol. The minimum atomic E-state index is -0.831. The Morgan fingerprint density at radius 2 is 1.78 bits per heavy atom. The fraction of sp³-hybridized carbons (Fsp3) is 0.846. The molecule has 0 aromatic rings. The maximum atomic E-state index is 11.9. The molecule has 2 saturated carbocycles. The summed E-state index contributed by atoms with van der Waals surface area (Å²) in [6.45, 7) is 1.57. The zero-order valence-electron chi connectivity index (χ0n) is 10.7. The van der Waals surface area contributed by atoms with Gasteiger partial charge in [-0.05, 0) is 38.6 Å². The number of carbonyl (C=O) groups excluding carboxylic acids is 1. The maximum absolute atomic E-state index is 11.9. The number of aliphatic carboxylic acids is 1. The summed E-state index contributed by atoms with van der Waals surface area (Å²) in [5.74, 6) is -1.71. The molecular weight excluding hydrogens is 232 g/mol. The first kappa shape index (κ1) is 13.3. The maximum Gasteiger partial charge on any atom is 0.307 e. The van der Waals surface area contributed by atoms with Crippen molar-refractivity contribution in [3.63, 3.8) is 0 Å². The van der Waals surface area contributed by atoms with Gasteiger partial charge in [-0.3, -0.25) is 9.59 Å². The van der Waals surface area contributed by atoms with Crippen molar-refractivity contribution in [2.45, 2.75) is 44.6 Å². The first-order valence-electron chi connectivity index (χ1n) is 6.92. The monoisotopic (exact) mass is 254 g/mol. The molecule has 0 saturated heterocycles. The van der Waals surface area contributed by atoms with Crippen LogP contribution < -0.4 is 10.6 Å². The zero-order chi connectivity index (χ0) is 13.0. The first-order chi connectivity index (χ1) is 8.68. The molecule has 0 aliphatic heterocycles. The lowest BCUT2D eigenvalue weighted by Gasteiger charge is -2.15. The van der Waals surface area contributed by atoms with Gasteiger partial charge in [0.1, 0.15) is 0 Å². The van der Waals surface area contributed by atoms with Gasteiger partial charge in [0.2, 0.25) is 5.91 Å². The Labute approximate surface area is 107 Å². The van der Waals surface area contributed by atoms with Gasteiger partial charge < -0.3 is 15.7 Å². The van der Waals surface area contributed by atoms with E-state index in [0.29, 0.717) is 25.4 Å². The Morgan fingerprint density at radius 3 is 2.44 bits per heavy atom. The normalized spacial score (nSPS) is 27.1. The standard InChI is InChI=1S/C13H22N2O3/c16-12(10-3-1-4-11(10)13(17)18)15-8-2-7-14-9-5-6-9/h9-11,14H,1-8H2,(H,15,16)(H,17,18)/t10-,11+/m1/s1. The van der Waals surface area contributed by atoms with Crippen LogP contribution in [0.5, 0.6) is 0 Å². The third-order valence-electron chi connectivity index (χ3n) is 3.83. The second kappa shape index (κ2) is 6.18. The number of carbonyl (C=O) groups is 2. The van der Waals surface area contributed by atoms with E-state index in [-0.39, 0.29) is 11.8 Å². The van der Waals surface area contributed by atoms with Gasteiger partial charge in [-0.2, -0.15) is 0 Å². The van der Waals surface area contributed by atoms with Gasteiger partial charge in [0, 0.05) is 12.6 Å². The molecule has 2 aliphatic carbocycles. The van der Waals surface area contributed by atoms with Crippen LogP contribution in [0.4, 0.5) is 0 Å². The average Bonchev–Trinajstić information content (AvgIpc) is 3.02. The molecule has 5 heteroatoms. The summed E-state index contributed by atoms with van der Waals surface area (Å²) in [4.78, 5) is 22.9. The van der Waals surface area contributed by atoms with Crippen LogP contribution in [0, 0.1) is 11.8 Å². The lowest BCUT2D eigenvalue weighted by Crippen LogP contribution is -2.36. The second-order valence-electron chi connectivity index (χ2n) is 5.36. The predicted molar refractivity (Wildman–Crippen MR) is 67.1 cm³/mol. The summed E-state index contributed by atoms with van der Waals surface area (Å²) < 4.78 is 0. The van der Waals surface area contributed by atoms with Crippen molar-refractivity contribution in [3.05, 3.63) is 0 Å². The molecule has 102 valence electrons. The molecule has 2 fully saturated rings. The Kier molecular flexibility index (Phi) is 4.58. The Hall–Kier alpha value is -1.10. The lowest BCUT2D eigenvalue weighted by atomic mass is 9.95. The highest BCUT2D eigenvalue weighted by molar-refractivity contribution is 5.85. The topological polar surface area (TPSA) is 78.4 Å². The van der Waals surface area contributed by atoms with Crippen molar-refractivity contribution >= 4 is 11.9 Å². The van der Waals surface area contributed by atoms with E-state index >= 15 is 0 Å². The second-order valence-corrected chi connectivity index (χ2v) is 5.36. The first-order valence-corrected chi connectivity index (χ1v) is 6.92. The largest absolute Gasteiger partial charge is 0.481 e.